The van der Waals surface area contributed by atoms with E-state index < -0.39 is 5.41 Å². The second kappa shape index (κ2) is 4.43. The van der Waals surface area contributed by atoms with Gasteiger partial charge in [-0.3, -0.25) is 0 Å². The highest BCUT2D eigenvalue weighted by Gasteiger charge is 2.20. The van der Waals surface area contributed by atoms with E-state index in [1.54, 1.807) is 0 Å². The van der Waals surface area contributed by atoms with Gasteiger partial charge in [0.2, 0.25) is 0 Å². The summed E-state index contributed by atoms with van der Waals surface area (Å²) in [6, 6.07) is 8.16. The molecule has 0 aromatic heterocycles. The smallest absolute Gasteiger partial charge is 0.0766 e. The predicted octanol–water partition coefficient (Wildman–Crippen LogP) is 1.41. The fraction of sp³-hybridized carbons (Fsp3) is 0.417. The topological polar surface area (TPSA) is 75.8 Å². The van der Waals surface area contributed by atoms with E-state index in [-0.39, 0.29) is 0 Å². The van der Waals surface area contributed by atoms with Gasteiger partial charge in [-0.15, -0.1) is 0 Å². The Kier molecular flexibility index (Phi) is 3.46. The number of nitrogens with two attached hydrogens (primary N) is 2. The third kappa shape index (κ3) is 2.35. The Bertz CT molecular complexity index is 388. The molecule has 0 heterocycles. The fourth-order valence-electron chi connectivity index (χ4n) is 1.47. The van der Waals surface area contributed by atoms with Crippen LogP contribution in [0.3, 0.4) is 0 Å². The maximum atomic E-state index is 9.03. The lowest BCUT2D eigenvalue weighted by atomic mass is 9.84. The first-order valence-corrected chi connectivity index (χ1v) is 4.99. The quantitative estimate of drug-likeness (QED) is 0.779. The molecule has 1 rings (SSSR count). The van der Waals surface area contributed by atoms with Crippen molar-refractivity contribution in [1.29, 1.82) is 5.26 Å². The molecule has 0 radical (unpaired) electrons. The van der Waals surface area contributed by atoms with Gasteiger partial charge in [-0.05, 0) is 30.5 Å². The zero-order chi connectivity index (χ0) is 11.5. The first-order valence-electron chi connectivity index (χ1n) is 4.99. The van der Waals surface area contributed by atoms with Crippen LogP contribution in [0, 0.1) is 11.3 Å². The summed E-state index contributed by atoms with van der Waals surface area (Å²) in [4.78, 5) is 0. The van der Waals surface area contributed by atoms with E-state index in [9.17, 15) is 0 Å². The average Bonchev–Trinajstić information content (AvgIpc) is 2.28. The van der Waals surface area contributed by atoms with E-state index in [4.69, 9.17) is 16.7 Å². The maximum Gasteiger partial charge on any atom is 0.0766 e. The van der Waals surface area contributed by atoms with Crippen molar-refractivity contribution in [3.8, 4) is 6.07 Å². The second-order valence-electron chi connectivity index (χ2n) is 4.13. The van der Waals surface area contributed by atoms with Crippen molar-refractivity contribution in [3.63, 3.8) is 0 Å². The lowest BCUT2D eigenvalue weighted by Crippen LogP contribution is -2.16. The molecular formula is C12H17N3. The van der Waals surface area contributed by atoms with Gasteiger partial charge in [0, 0.05) is 13.1 Å². The third-order valence-corrected chi connectivity index (χ3v) is 2.65. The zero-order valence-electron chi connectivity index (χ0n) is 9.25. The highest BCUT2D eigenvalue weighted by Crippen LogP contribution is 2.24. The fourth-order valence-corrected chi connectivity index (χ4v) is 1.47. The number of benzene rings is 1. The lowest BCUT2D eigenvalue weighted by Gasteiger charge is -2.18. The highest BCUT2D eigenvalue weighted by molar-refractivity contribution is 5.38. The molecule has 4 N–H and O–H groups in total. The minimum Gasteiger partial charge on any atom is -0.326 e. The minimum atomic E-state index is -0.475. The molecule has 0 unspecified atom stereocenters. The number of rotatable bonds is 3. The van der Waals surface area contributed by atoms with Crippen molar-refractivity contribution in [2.45, 2.75) is 32.4 Å². The number of hydrogen-bond acceptors (Lipinski definition) is 3. The average molecular weight is 203 g/mol. The van der Waals surface area contributed by atoms with Gasteiger partial charge in [0.25, 0.3) is 0 Å². The minimum absolute atomic E-state index is 0.460. The molecule has 80 valence electrons. The van der Waals surface area contributed by atoms with Crippen LogP contribution in [0.15, 0.2) is 18.2 Å². The van der Waals surface area contributed by atoms with Crippen molar-refractivity contribution < 1.29 is 0 Å². The summed E-state index contributed by atoms with van der Waals surface area (Å²) in [6.07, 6.45) is 0. The summed E-state index contributed by atoms with van der Waals surface area (Å²) in [7, 11) is 0. The maximum absolute atomic E-state index is 9.03. The van der Waals surface area contributed by atoms with Gasteiger partial charge in [0.15, 0.2) is 0 Å². The molecule has 0 amide bonds. The van der Waals surface area contributed by atoms with Crippen molar-refractivity contribution in [1.82, 2.24) is 0 Å². The molecule has 0 atom stereocenters. The van der Waals surface area contributed by atoms with Gasteiger partial charge in [-0.2, -0.15) is 5.26 Å². The van der Waals surface area contributed by atoms with Crippen LogP contribution in [0.2, 0.25) is 0 Å². The van der Waals surface area contributed by atoms with Crippen LogP contribution in [0.1, 0.15) is 30.5 Å². The Balaban J connectivity index is 3.21. The predicted molar refractivity (Wildman–Crippen MR) is 60.9 cm³/mol. The van der Waals surface area contributed by atoms with Gasteiger partial charge < -0.3 is 11.5 Å². The molecule has 1 aromatic carbocycles. The first-order chi connectivity index (χ1) is 7.05. The molecular weight excluding hydrogens is 186 g/mol. The number of nitrogens with zero attached hydrogens (tertiary/aromatic N) is 1. The highest BCUT2D eigenvalue weighted by atomic mass is 14.6. The Hall–Kier alpha value is -1.37. The van der Waals surface area contributed by atoms with E-state index in [2.05, 4.69) is 6.07 Å². The van der Waals surface area contributed by atoms with Crippen molar-refractivity contribution in [3.05, 3.63) is 34.9 Å². The van der Waals surface area contributed by atoms with E-state index in [0.29, 0.717) is 13.1 Å². The summed E-state index contributed by atoms with van der Waals surface area (Å²) >= 11 is 0. The second-order valence-corrected chi connectivity index (χ2v) is 4.13. The van der Waals surface area contributed by atoms with E-state index in [0.717, 1.165) is 16.7 Å². The Morgan fingerprint density at radius 2 is 1.80 bits per heavy atom. The van der Waals surface area contributed by atoms with Crippen LogP contribution < -0.4 is 11.5 Å². The molecule has 3 heteroatoms. The zero-order valence-corrected chi connectivity index (χ0v) is 9.25. The van der Waals surface area contributed by atoms with Crippen molar-refractivity contribution in [2.75, 3.05) is 0 Å². The van der Waals surface area contributed by atoms with E-state index in [1.165, 1.54) is 0 Å². The molecule has 0 fully saturated rings. The number of hydrogen-bond donors (Lipinski definition) is 2. The van der Waals surface area contributed by atoms with Crippen molar-refractivity contribution in [2.24, 2.45) is 11.5 Å². The van der Waals surface area contributed by atoms with Crippen LogP contribution in [0.25, 0.3) is 0 Å². The van der Waals surface area contributed by atoms with Crippen molar-refractivity contribution >= 4 is 0 Å². The molecule has 0 aliphatic rings. The van der Waals surface area contributed by atoms with E-state index >= 15 is 0 Å². The van der Waals surface area contributed by atoms with Crippen LogP contribution in [-0.4, -0.2) is 0 Å². The Morgan fingerprint density at radius 3 is 2.27 bits per heavy atom. The van der Waals surface area contributed by atoms with Gasteiger partial charge >= 0.3 is 0 Å². The molecule has 1 aromatic rings. The third-order valence-electron chi connectivity index (χ3n) is 2.65. The van der Waals surface area contributed by atoms with Gasteiger partial charge in [-0.25, -0.2) is 0 Å². The Morgan fingerprint density at radius 1 is 1.20 bits per heavy atom. The summed E-state index contributed by atoms with van der Waals surface area (Å²) in [5.74, 6) is 0. The molecule has 0 spiro atoms. The SMILES string of the molecule is CC(C)(C#N)c1ccc(CN)c(CN)c1. The molecule has 3 nitrogen and oxygen atoms in total. The molecule has 0 saturated heterocycles. The monoisotopic (exact) mass is 203 g/mol. The van der Waals surface area contributed by atoms with Gasteiger partial charge in [0.1, 0.15) is 0 Å². The molecule has 0 bridgehead atoms. The Labute approximate surface area is 90.7 Å². The molecule has 15 heavy (non-hydrogen) atoms. The summed E-state index contributed by atoms with van der Waals surface area (Å²) in [5.41, 5.74) is 13.8. The van der Waals surface area contributed by atoms with Crippen LogP contribution in [-0.2, 0) is 18.5 Å². The van der Waals surface area contributed by atoms with E-state index in [1.807, 2.05) is 32.0 Å². The largest absolute Gasteiger partial charge is 0.326 e. The lowest BCUT2D eigenvalue weighted by molar-refractivity contribution is 0.684. The number of nitriles is 1. The summed E-state index contributed by atoms with van der Waals surface area (Å²) in [5, 5.41) is 9.03. The van der Waals surface area contributed by atoms with Crippen LogP contribution in [0.4, 0.5) is 0 Å². The van der Waals surface area contributed by atoms with Crippen LogP contribution >= 0.6 is 0 Å². The standard InChI is InChI=1S/C12H17N3/c1-12(2,8-15)11-4-3-9(6-13)10(5-11)7-14/h3-5H,6-7,13-14H2,1-2H3. The summed E-state index contributed by atoms with van der Waals surface area (Å²) < 4.78 is 0. The van der Waals surface area contributed by atoms with Gasteiger partial charge in [-0.1, -0.05) is 18.2 Å². The molecule has 0 saturated carbocycles. The van der Waals surface area contributed by atoms with Gasteiger partial charge in [0.05, 0.1) is 11.5 Å². The first kappa shape index (κ1) is 11.7. The normalized spacial score (nSPS) is 11.1. The van der Waals surface area contributed by atoms with Crippen LogP contribution in [0.5, 0.6) is 0 Å². The molecule has 0 aliphatic carbocycles. The molecule has 0 aliphatic heterocycles. The summed E-state index contributed by atoms with van der Waals surface area (Å²) in [6.45, 7) is 4.73.